The van der Waals surface area contributed by atoms with Gasteiger partial charge in [-0.1, -0.05) is 5.92 Å². The molecule has 1 aromatic rings. The SMILES string of the molecule is COC(=O)C#Cc1cc(N(C)C)c2c(c1O)C(O)=C1C(=O)[C@]3(O)C(O)=C(C(N)=O)C(=O)[C@@H](N(C)C)[C@@H]3C[C@@H]1C2. The standard InChI is InChI=1S/C27H29N3O9/c1-29(2)15-10-11(6-7-16(31)39-5)21(32)18-13(15)8-12-9-14-20(30(3)4)23(34)19(26(28)37)25(36)27(14,38)24(35)17(12)22(18)33/h10,12,14,20,32-33,36,38H,8-9H2,1-5H3,(H2,28,37)/t12-,14-,20-,27-/m0/s1. The average molecular weight is 540 g/mol. The number of anilines is 1. The van der Waals surface area contributed by atoms with Gasteiger partial charge in [0.05, 0.1) is 24.3 Å². The van der Waals surface area contributed by atoms with Crippen LogP contribution in [0, 0.1) is 23.7 Å². The number of aliphatic hydroxyl groups is 3. The Hall–Kier alpha value is -4.34. The van der Waals surface area contributed by atoms with Crippen LogP contribution in [-0.4, -0.2) is 95.7 Å². The van der Waals surface area contributed by atoms with E-state index in [1.54, 1.807) is 19.0 Å². The number of likely N-dealkylation sites (N-methyl/N-ethyl adjacent to an activating group) is 1. The zero-order valence-electron chi connectivity index (χ0n) is 22.0. The lowest BCUT2D eigenvalue weighted by molar-refractivity contribution is -0.153. The summed E-state index contributed by atoms with van der Waals surface area (Å²) in [5.41, 5.74) is 2.33. The molecule has 0 heterocycles. The molecule has 1 aromatic carbocycles. The molecule has 12 nitrogen and oxygen atoms in total. The minimum Gasteiger partial charge on any atom is -0.508 e. The fourth-order valence-corrected chi connectivity index (χ4v) is 5.96. The van der Waals surface area contributed by atoms with Crippen molar-refractivity contribution in [2.45, 2.75) is 24.5 Å². The lowest BCUT2D eigenvalue weighted by atomic mass is 9.57. The Morgan fingerprint density at radius 3 is 2.33 bits per heavy atom. The zero-order valence-corrected chi connectivity index (χ0v) is 22.0. The summed E-state index contributed by atoms with van der Waals surface area (Å²) < 4.78 is 4.51. The van der Waals surface area contributed by atoms with Gasteiger partial charge in [0.25, 0.3) is 5.91 Å². The van der Waals surface area contributed by atoms with E-state index in [4.69, 9.17) is 5.73 Å². The number of methoxy groups -OCH3 is 1. The molecule has 0 radical (unpaired) electrons. The number of ketones is 2. The van der Waals surface area contributed by atoms with Crippen LogP contribution in [0.3, 0.4) is 0 Å². The van der Waals surface area contributed by atoms with Gasteiger partial charge in [-0.05, 0) is 44.5 Å². The Labute approximate surface area is 223 Å². The second-order valence-corrected chi connectivity index (χ2v) is 10.2. The third-order valence-electron chi connectivity index (χ3n) is 7.66. The number of nitrogens with zero attached hydrogens (tertiary/aromatic N) is 2. The quantitative estimate of drug-likeness (QED) is 0.190. The van der Waals surface area contributed by atoms with E-state index in [-0.39, 0.29) is 29.5 Å². The van der Waals surface area contributed by atoms with E-state index in [2.05, 4.69) is 16.6 Å². The minimum atomic E-state index is -2.73. The number of carbonyl (C=O) groups excluding carboxylic acids is 4. The number of fused-ring (bicyclic) bond motifs is 3. The van der Waals surface area contributed by atoms with Crippen molar-refractivity contribution in [2.24, 2.45) is 17.6 Å². The summed E-state index contributed by atoms with van der Waals surface area (Å²) in [4.78, 5) is 53.9. The van der Waals surface area contributed by atoms with Crippen molar-refractivity contribution in [3.63, 3.8) is 0 Å². The summed E-state index contributed by atoms with van der Waals surface area (Å²) in [6.45, 7) is 0. The Bertz CT molecular complexity index is 1460. The third-order valence-corrected chi connectivity index (χ3v) is 7.66. The lowest BCUT2D eigenvalue weighted by Crippen LogP contribution is -2.65. The number of aliphatic hydroxyl groups excluding tert-OH is 2. The number of primary amides is 1. The summed E-state index contributed by atoms with van der Waals surface area (Å²) >= 11 is 0. The number of phenolic OH excluding ortho intramolecular Hbond substituents is 1. The molecule has 0 saturated heterocycles. The maximum absolute atomic E-state index is 13.9. The van der Waals surface area contributed by atoms with Crippen LogP contribution in [0.5, 0.6) is 5.75 Å². The molecule has 4 atom stereocenters. The fourth-order valence-electron chi connectivity index (χ4n) is 5.96. The molecule has 206 valence electrons. The molecule has 0 aliphatic heterocycles. The number of aromatic hydroxyl groups is 1. The molecule has 1 amide bonds. The van der Waals surface area contributed by atoms with Crippen molar-refractivity contribution >= 4 is 34.9 Å². The molecule has 0 unspecified atom stereocenters. The van der Waals surface area contributed by atoms with Gasteiger partial charge < -0.3 is 35.8 Å². The van der Waals surface area contributed by atoms with Gasteiger partial charge in [-0.2, -0.15) is 0 Å². The van der Waals surface area contributed by atoms with Crippen LogP contribution in [0.4, 0.5) is 5.69 Å². The summed E-state index contributed by atoms with van der Waals surface area (Å²) in [6, 6.07) is 0.365. The van der Waals surface area contributed by atoms with Crippen molar-refractivity contribution in [3.05, 3.63) is 39.7 Å². The molecule has 39 heavy (non-hydrogen) atoms. The molecule has 0 aromatic heterocycles. The number of esters is 1. The first-order valence-electron chi connectivity index (χ1n) is 12.0. The van der Waals surface area contributed by atoms with Gasteiger partial charge in [-0.15, -0.1) is 0 Å². The van der Waals surface area contributed by atoms with Crippen LogP contribution in [0.1, 0.15) is 23.1 Å². The number of Topliss-reactive ketones (excluding diaryl/α,β-unsaturated/α-hetero) is 2. The first-order chi connectivity index (χ1) is 18.2. The normalized spacial score (nSPS) is 25.9. The van der Waals surface area contributed by atoms with Gasteiger partial charge >= 0.3 is 5.97 Å². The third kappa shape index (κ3) is 3.93. The monoisotopic (exact) mass is 539 g/mol. The van der Waals surface area contributed by atoms with E-state index >= 15 is 0 Å². The van der Waals surface area contributed by atoms with E-state index in [1.165, 1.54) is 25.1 Å². The molecular formula is C27H29N3O9. The second-order valence-electron chi connectivity index (χ2n) is 10.2. The van der Waals surface area contributed by atoms with E-state index in [0.717, 1.165) is 7.11 Å². The Kier molecular flexibility index (Phi) is 6.70. The maximum atomic E-state index is 13.9. The van der Waals surface area contributed by atoms with Gasteiger partial charge in [-0.3, -0.25) is 19.3 Å². The minimum absolute atomic E-state index is 0.0245. The van der Waals surface area contributed by atoms with Gasteiger partial charge in [-0.25, -0.2) is 4.79 Å². The van der Waals surface area contributed by atoms with E-state index in [1.807, 2.05) is 0 Å². The topological polar surface area (TPSA) is 191 Å². The first kappa shape index (κ1) is 27.7. The molecule has 3 aliphatic carbocycles. The largest absolute Gasteiger partial charge is 0.508 e. The van der Waals surface area contributed by atoms with Crippen LogP contribution < -0.4 is 10.6 Å². The van der Waals surface area contributed by atoms with Crippen LogP contribution >= 0.6 is 0 Å². The molecule has 12 heteroatoms. The Balaban J connectivity index is 2.00. The van der Waals surface area contributed by atoms with Gasteiger partial charge in [0.2, 0.25) is 5.78 Å². The number of nitrogens with two attached hydrogens (primary N) is 1. The number of carbonyl (C=O) groups is 4. The predicted octanol–water partition coefficient (Wildman–Crippen LogP) is -0.445. The summed E-state index contributed by atoms with van der Waals surface area (Å²) in [6.07, 6.45) is 0.101. The molecule has 0 bridgehead atoms. The lowest BCUT2D eigenvalue weighted by Gasteiger charge is -2.50. The highest BCUT2D eigenvalue weighted by molar-refractivity contribution is 6.24. The summed E-state index contributed by atoms with van der Waals surface area (Å²) in [5, 5.41) is 45.1. The number of rotatable bonds is 3. The van der Waals surface area contributed by atoms with Crippen molar-refractivity contribution in [3.8, 4) is 17.6 Å². The molecule has 4 rings (SSSR count). The number of benzene rings is 1. The summed E-state index contributed by atoms with van der Waals surface area (Å²) in [7, 11) is 7.66. The molecule has 1 fully saturated rings. The van der Waals surface area contributed by atoms with E-state index in [9.17, 15) is 39.6 Å². The second kappa shape index (κ2) is 9.44. The maximum Gasteiger partial charge on any atom is 0.384 e. The number of amides is 1. The molecule has 0 spiro atoms. The van der Waals surface area contributed by atoms with Crippen LogP contribution in [-0.2, 0) is 30.3 Å². The van der Waals surface area contributed by atoms with Crippen molar-refractivity contribution in [2.75, 3.05) is 40.2 Å². The summed E-state index contributed by atoms with van der Waals surface area (Å²) in [5.74, 6) is -3.56. The average Bonchev–Trinajstić information content (AvgIpc) is 2.84. The molecule has 3 aliphatic rings. The molecular weight excluding hydrogens is 510 g/mol. The Morgan fingerprint density at radius 1 is 1.15 bits per heavy atom. The van der Waals surface area contributed by atoms with Crippen LogP contribution in [0.25, 0.3) is 5.76 Å². The van der Waals surface area contributed by atoms with E-state index in [0.29, 0.717) is 11.3 Å². The molecule has 1 saturated carbocycles. The first-order valence-corrected chi connectivity index (χ1v) is 12.0. The number of ether oxygens (including phenoxy) is 1. The number of phenols is 1. The highest BCUT2D eigenvalue weighted by Crippen LogP contribution is 2.54. The number of hydrogen-bond donors (Lipinski definition) is 5. The van der Waals surface area contributed by atoms with Gasteiger partial charge in [0.15, 0.2) is 11.4 Å². The van der Waals surface area contributed by atoms with Crippen molar-refractivity contribution in [1.29, 1.82) is 0 Å². The zero-order chi connectivity index (χ0) is 29.1. The molecule has 6 N–H and O–H groups in total. The van der Waals surface area contributed by atoms with Crippen LogP contribution in [0.2, 0.25) is 0 Å². The van der Waals surface area contributed by atoms with E-state index < -0.39 is 69.8 Å². The van der Waals surface area contributed by atoms with Crippen LogP contribution in [0.15, 0.2) is 23.0 Å². The highest BCUT2D eigenvalue weighted by Gasteiger charge is 2.64. The fraction of sp³-hybridized carbons (Fsp3) is 0.407. The highest BCUT2D eigenvalue weighted by atomic mass is 16.5. The smallest absolute Gasteiger partial charge is 0.384 e. The van der Waals surface area contributed by atoms with Gasteiger partial charge in [0, 0.05) is 37.2 Å². The predicted molar refractivity (Wildman–Crippen MR) is 137 cm³/mol. The Morgan fingerprint density at radius 2 is 1.79 bits per heavy atom. The van der Waals surface area contributed by atoms with Crippen molar-refractivity contribution < 1.29 is 44.3 Å². The van der Waals surface area contributed by atoms with Crippen molar-refractivity contribution in [1.82, 2.24) is 4.90 Å². The number of hydrogen-bond acceptors (Lipinski definition) is 11. The van der Waals surface area contributed by atoms with Gasteiger partial charge in [0.1, 0.15) is 22.8 Å².